The molecule has 0 fully saturated rings. The molecule has 4 nitrogen and oxygen atoms in total. The summed E-state index contributed by atoms with van der Waals surface area (Å²) in [6.07, 6.45) is 0.916. The molecule has 0 saturated heterocycles. The number of hydrogen-bond acceptors (Lipinski definition) is 3. The molecule has 0 rings (SSSR count). The van der Waals surface area contributed by atoms with Crippen molar-refractivity contribution in [3.05, 3.63) is 0 Å². The van der Waals surface area contributed by atoms with Crippen molar-refractivity contribution in [3.8, 4) is 0 Å². The van der Waals surface area contributed by atoms with Crippen molar-refractivity contribution in [2.24, 2.45) is 5.92 Å². The van der Waals surface area contributed by atoms with E-state index in [0.717, 1.165) is 0 Å². The molecule has 0 N–H and O–H groups in total. The topological polar surface area (TPSA) is 46.6 Å². The molecule has 94 valence electrons. The van der Waals surface area contributed by atoms with Crippen LogP contribution in [0.25, 0.3) is 0 Å². The van der Waals surface area contributed by atoms with Gasteiger partial charge in [-0.2, -0.15) is 0 Å². The van der Waals surface area contributed by atoms with E-state index in [9.17, 15) is 9.59 Å². The first-order chi connectivity index (χ1) is 7.13. The minimum Gasteiger partial charge on any atom is -0.460 e. The van der Waals surface area contributed by atoms with Crippen LogP contribution >= 0.6 is 0 Å². The fourth-order valence-corrected chi connectivity index (χ4v) is 1.08. The Bertz CT molecular complexity index is 253. The van der Waals surface area contributed by atoms with Crippen molar-refractivity contribution < 1.29 is 14.3 Å². The first-order valence-corrected chi connectivity index (χ1v) is 5.56. The Morgan fingerprint density at radius 2 is 1.75 bits per heavy atom. The first-order valence-electron chi connectivity index (χ1n) is 5.56. The van der Waals surface area contributed by atoms with Crippen molar-refractivity contribution in [3.63, 3.8) is 0 Å². The van der Waals surface area contributed by atoms with E-state index in [1.54, 1.807) is 21.0 Å². The summed E-state index contributed by atoms with van der Waals surface area (Å²) in [5.41, 5.74) is -0.461. The lowest BCUT2D eigenvalue weighted by atomic mass is 10.0. The summed E-state index contributed by atoms with van der Waals surface area (Å²) in [6, 6.07) is 0. The van der Waals surface area contributed by atoms with Gasteiger partial charge in [-0.1, -0.05) is 6.92 Å². The summed E-state index contributed by atoms with van der Waals surface area (Å²) >= 11 is 0. The van der Waals surface area contributed by atoms with E-state index >= 15 is 0 Å². The van der Waals surface area contributed by atoms with Gasteiger partial charge in [-0.05, 0) is 27.2 Å². The smallest absolute Gasteiger partial charge is 0.309 e. The molecule has 0 aromatic carbocycles. The van der Waals surface area contributed by atoms with Crippen molar-refractivity contribution in [1.29, 1.82) is 0 Å². The maximum Gasteiger partial charge on any atom is 0.309 e. The van der Waals surface area contributed by atoms with E-state index in [1.807, 2.05) is 20.8 Å². The van der Waals surface area contributed by atoms with Gasteiger partial charge in [0.15, 0.2) is 0 Å². The van der Waals surface area contributed by atoms with Gasteiger partial charge in [-0.3, -0.25) is 9.59 Å². The highest BCUT2D eigenvalue weighted by Crippen LogP contribution is 2.14. The van der Waals surface area contributed by atoms with E-state index in [2.05, 4.69) is 0 Å². The number of carbonyl (C=O) groups is 2. The number of rotatable bonds is 4. The van der Waals surface area contributed by atoms with Crippen LogP contribution < -0.4 is 0 Å². The van der Waals surface area contributed by atoms with Crippen LogP contribution in [-0.4, -0.2) is 36.5 Å². The van der Waals surface area contributed by atoms with E-state index in [0.29, 0.717) is 12.8 Å². The van der Waals surface area contributed by atoms with Crippen LogP contribution in [0.5, 0.6) is 0 Å². The van der Waals surface area contributed by atoms with Crippen LogP contribution in [-0.2, 0) is 14.3 Å². The molecule has 0 aliphatic rings. The third kappa shape index (κ3) is 6.43. The van der Waals surface area contributed by atoms with Gasteiger partial charge in [-0.25, -0.2) is 0 Å². The average molecular weight is 229 g/mol. The fraction of sp³-hybridized carbons (Fsp3) is 0.833. The van der Waals surface area contributed by atoms with Crippen molar-refractivity contribution in [2.75, 3.05) is 14.1 Å². The molecule has 0 aromatic rings. The quantitative estimate of drug-likeness (QED) is 0.691. The largest absolute Gasteiger partial charge is 0.460 e. The zero-order valence-electron chi connectivity index (χ0n) is 11.2. The van der Waals surface area contributed by atoms with Crippen LogP contribution in [0.2, 0.25) is 0 Å². The lowest BCUT2D eigenvalue weighted by Gasteiger charge is -2.22. The van der Waals surface area contributed by atoms with E-state index < -0.39 is 5.60 Å². The Balaban J connectivity index is 4.03. The molecular formula is C12H23NO3. The molecule has 0 aliphatic carbocycles. The number of nitrogens with zero attached hydrogens (tertiary/aromatic N) is 1. The average Bonchev–Trinajstić information content (AvgIpc) is 2.10. The Labute approximate surface area is 98.0 Å². The van der Waals surface area contributed by atoms with E-state index in [4.69, 9.17) is 4.74 Å². The number of ether oxygens (including phenoxy) is 1. The lowest BCUT2D eigenvalue weighted by molar-refractivity contribution is -0.159. The Morgan fingerprint density at radius 3 is 2.12 bits per heavy atom. The van der Waals surface area contributed by atoms with Crippen LogP contribution in [0, 0.1) is 5.92 Å². The lowest BCUT2D eigenvalue weighted by Crippen LogP contribution is -2.29. The second kappa shape index (κ2) is 5.87. The number of hydrogen-bond donors (Lipinski definition) is 0. The molecule has 0 aliphatic heterocycles. The zero-order chi connectivity index (χ0) is 12.9. The number of amides is 1. The van der Waals surface area contributed by atoms with Crippen LogP contribution in [0.3, 0.4) is 0 Å². The summed E-state index contributed by atoms with van der Waals surface area (Å²) in [6.45, 7) is 7.30. The minimum absolute atomic E-state index is 0.0374. The normalized spacial score (nSPS) is 13.1. The van der Waals surface area contributed by atoms with Gasteiger partial charge in [0.25, 0.3) is 0 Å². The third-order valence-corrected chi connectivity index (χ3v) is 2.10. The highest BCUT2D eigenvalue weighted by molar-refractivity contribution is 5.77. The van der Waals surface area contributed by atoms with Crippen LogP contribution in [0.4, 0.5) is 0 Å². The van der Waals surface area contributed by atoms with Gasteiger partial charge in [0.05, 0.1) is 5.92 Å². The first kappa shape index (κ1) is 14.9. The zero-order valence-corrected chi connectivity index (χ0v) is 11.2. The molecule has 0 bridgehead atoms. The predicted molar refractivity (Wildman–Crippen MR) is 62.9 cm³/mol. The summed E-state index contributed by atoms with van der Waals surface area (Å²) in [5, 5.41) is 0. The maximum absolute atomic E-state index is 11.6. The molecular weight excluding hydrogens is 206 g/mol. The highest BCUT2D eigenvalue weighted by Gasteiger charge is 2.22. The van der Waals surface area contributed by atoms with Gasteiger partial charge in [0.1, 0.15) is 5.60 Å². The predicted octanol–water partition coefficient (Wildman–Crippen LogP) is 1.83. The Morgan fingerprint density at radius 1 is 1.25 bits per heavy atom. The fourth-order valence-electron chi connectivity index (χ4n) is 1.08. The molecule has 0 aromatic heterocycles. The minimum atomic E-state index is -0.461. The number of carbonyl (C=O) groups excluding carboxylic acids is 2. The van der Waals surface area contributed by atoms with Gasteiger partial charge < -0.3 is 9.64 Å². The van der Waals surface area contributed by atoms with Crippen molar-refractivity contribution in [1.82, 2.24) is 4.90 Å². The second-order valence-electron chi connectivity index (χ2n) is 5.26. The maximum atomic E-state index is 11.6. The molecule has 1 unspecified atom stereocenters. The Hall–Kier alpha value is -1.06. The van der Waals surface area contributed by atoms with Crippen LogP contribution in [0.1, 0.15) is 40.5 Å². The van der Waals surface area contributed by atoms with Gasteiger partial charge in [0.2, 0.25) is 5.91 Å². The highest BCUT2D eigenvalue weighted by atomic mass is 16.6. The SMILES string of the molecule is CC(CCC(=O)N(C)C)C(=O)OC(C)(C)C. The Kier molecular flexibility index (Phi) is 5.48. The summed E-state index contributed by atoms with van der Waals surface area (Å²) < 4.78 is 5.23. The van der Waals surface area contributed by atoms with Crippen LogP contribution in [0.15, 0.2) is 0 Å². The monoisotopic (exact) mass is 229 g/mol. The summed E-state index contributed by atoms with van der Waals surface area (Å²) in [7, 11) is 3.42. The van der Waals surface area contributed by atoms with Gasteiger partial charge in [0, 0.05) is 20.5 Å². The van der Waals surface area contributed by atoms with E-state index in [-0.39, 0.29) is 17.8 Å². The standard InChI is InChI=1S/C12H23NO3/c1-9(7-8-10(14)13(5)6)11(15)16-12(2,3)4/h9H,7-8H2,1-6H3. The molecule has 1 amide bonds. The van der Waals surface area contributed by atoms with E-state index in [1.165, 1.54) is 4.90 Å². The molecule has 0 heterocycles. The molecule has 0 saturated carbocycles. The van der Waals surface area contributed by atoms with Crippen molar-refractivity contribution in [2.45, 2.75) is 46.1 Å². The second-order valence-corrected chi connectivity index (χ2v) is 5.26. The molecule has 4 heteroatoms. The summed E-state index contributed by atoms with van der Waals surface area (Å²) in [5.74, 6) is -0.433. The molecule has 1 atom stereocenters. The molecule has 0 spiro atoms. The van der Waals surface area contributed by atoms with Crippen molar-refractivity contribution >= 4 is 11.9 Å². The van der Waals surface area contributed by atoms with Gasteiger partial charge in [-0.15, -0.1) is 0 Å². The number of esters is 1. The summed E-state index contributed by atoms with van der Waals surface area (Å²) in [4.78, 5) is 24.5. The molecule has 16 heavy (non-hydrogen) atoms. The third-order valence-electron chi connectivity index (χ3n) is 2.10. The van der Waals surface area contributed by atoms with Gasteiger partial charge >= 0.3 is 5.97 Å². The molecule has 0 radical (unpaired) electrons.